The average Bonchev–Trinajstić information content (AvgIpc) is 3.19. The first-order chi connectivity index (χ1) is 28.7. The number of aliphatic carboxylic acids is 1. The molecule has 0 spiro atoms. The third-order valence-electron chi connectivity index (χ3n) is 10.5. The first-order valence-corrected chi connectivity index (χ1v) is 20.1. The quantitative estimate of drug-likeness (QED) is 0.0602. The molecule has 334 valence electrons. The molecule has 4 bridgehead atoms. The molecule has 20 nitrogen and oxygen atoms in total. The number of benzene rings is 2. The maximum absolute atomic E-state index is 13.9. The lowest BCUT2D eigenvalue weighted by Gasteiger charge is -2.30. The Morgan fingerprint density at radius 3 is 2.18 bits per heavy atom. The Morgan fingerprint density at radius 1 is 0.902 bits per heavy atom. The lowest BCUT2D eigenvalue weighted by molar-refractivity contribution is -0.385. The third-order valence-corrected chi connectivity index (χ3v) is 10.5. The summed E-state index contributed by atoms with van der Waals surface area (Å²) in [6.45, 7) is 5.46. The standard InChI is InChI=1S/C41H57N7O13/c1-22(2)12-10-8-7-9-11-13-33(51)46(5)31(21-49)39(56)43-23(3)37(54)42-20-34(52)47(6)35-26-14-15-32(50)27(19-26)28-16-25(18-30(36(28)53)48(60)61)17-29(41(58)59)45-38(55)24(4)44-40(35)57/h14-16,18-19,22-24,29,31,35,49-50,53H,7-13,17,20-21H2,1-6H3,(H,42,54)(H,43,56)(H,44,57)(H,45,55)(H,58,59)/t23-,24+,29?,31-,35?/m1/s1. The normalized spacial score (nSPS) is 17.5. The fourth-order valence-corrected chi connectivity index (χ4v) is 6.77. The molecule has 2 aromatic rings. The molecule has 3 rings (SSSR count). The summed E-state index contributed by atoms with van der Waals surface area (Å²) in [7, 11) is 2.58. The van der Waals surface area contributed by atoms with Gasteiger partial charge in [-0.3, -0.25) is 38.9 Å². The van der Waals surface area contributed by atoms with Crippen molar-refractivity contribution < 1.29 is 58.9 Å². The van der Waals surface area contributed by atoms with Gasteiger partial charge in [-0.05, 0) is 55.5 Å². The highest BCUT2D eigenvalue weighted by Crippen LogP contribution is 2.43. The van der Waals surface area contributed by atoms with Gasteiger partial charge in [-0.25, -0.2) is 4.79 Å². The number of nitrogens with zero attached hydrogens (tertiary/aromatic N) is 3. The van der Waals surface area contributed by atoms with Crippen LogP contribution in [0.3, 0.4) is 0 Å². The van der Waals surface area contributed by atoms with Crippen LogP contribution in [-0.2, 0) is 40.0 Å². The highest BCUT2D eigenvalue weighted by Gasteiger charge is 2.35. The number of nitro benzene ring substituents is 1. The number of carboxylic acid groups (broad SMARTS) is 1. The number of carbonyl (C=O) groups is 7. The number of fused-ring (bicyclic) bond motifs is 5. The molecule has 1 heterocycles. The number of nitrogens with one attached hydrogen (secondary N) is 4. The smallest absolute Gasteiger partial charge is 0.326 e. The van der Waals surface area contributed by atoms with Crippen LogP contribution in [0.2, 0.25) is 0 Å². The number of amides is 6. The molecule has 20 heteroatoms. The monoisotopic (exact) mass is 855 g/mol. The Hall–Kier alpha value is -6.31. The number of unbranched alkanes of at least 4 members (excludes halogenated alkanes) is 4. The number of aliphatic hydroxyl groups excluding tert-OH is 1. The Kier molecular flexibility index (Phi) is 18.0. The molecule has 61 heavy (non-hydrogen) atoms. The first-order valence-electron chi connectivity index (χ1n) is 20.1. The summed E-state index contributed by atoms with van der Waals surface area (Å²) >= 11 is 0. The van der Waals surface area contributed by atoms with E-state index in [9.17, 15) is 64.1 Å². The third kappa shape index (κ3) is 13.3. The zero-order valence-corrected chi connectivity index (χ0v) is 35.2. The molecule has 5 atom stereocenters. The molecule has 0 saturated heterocycles. The van der Waals surface area contributed by atoms with Crippen molar-refractivity contribution in [3.63, 3.8) is 0 Å². The molecule has 0 saturated carbocycles. The van der Waals surface area contributed by atoms with E-state index in [4.69, 9.17) is 0 Å². The number of phenols is 2. The molecule has 0 radical (unpaired) electrons. The average molecular weight is 856 g/mol. The van der Waals surface area contributed by atoms with Gasteiger partial charge in [-0.1, -0.05) is 52.0 Å². The van der Waals surface area contributed by atoms with Crippen LogP contribution >= 0.6 is 0 Å². The minimum absolute atomic E-state index is 0.00303. The number of aromatic hydroxyl groups is 2. The zero-order chi connectivity index (χ0) is 45.7. The number of phenolic OH excluding ortho intramolecular Hbond substituents is 2. The number of carboxylic acids is 1. The Labute approximate surface area is 353 Å². The van der Waals surface area contributed by atoms with Crippen molar-refractivity contribution in [2.75, 3.05) is 27.2 Å². The van der Waals surface area contributed by atoms with E-state index in [0.29, 0.717) is 12.3 Å². The molecule has 0 aromatic heterocycles. The van der Waals surface area contributed by atoms with Crippen molar-refractivity contribution in [1.82, 2.24) is 31.1 Å². The second kappa shape index (κ2) is 22.3. The van der Waals surface area contributed by atoms with Gasteiger partial charge in [0.05, 0.1) is 18.1 Å². The molecule has 8 N–H and O–H groups in total. The van der Waals surface area contributed by atoms with Gasteiger partial charge in [-0.2, -0.15) is 0 Å². The van der Waals surface area contributed by atoms with Crippen LogP contribution in [0.5, 0.6) is 11.5 Å². The summed E-state index contributed by atoms with van der Waals surface area (Å²) < 4.78 is 0. The van der Waals surface area contributed by atoms with Gasteiger partial charge in [0, 0.05) is 44.1 Å². The summed E-state index contributed by atoms with van der Waals surface area (Å²) in [5.41, 5.74) is -1.39. The van der Waals surface area contributed by atoms with E-state index in [-0.39, 0.29) is 34.6 Å². The van der Waals surface area contributed by atoms with E-state index in [2.05, 4.69) is 35.1 Å². The van der Waals surface area contributed by atoms with E-state index >= 15 is 0 Å². The van der Waals surface area contributed by atoms with Crippen LogP contribution in [0, 0.1) is 16.0 Å². The van der Waals surface area contributed by atoms with Crippen molar-refractivity contribution in [2.45, 2.75) is 109 Å². The Bertz CT molecular complexity index is 1970. The fraction of sp³-hybridized carbons (Fsp3) is 0.537. The van der Waals surface area contributed by atoms with Crippen LogP contribution in [0.1, 0.15) is 89.8 Å². The van der Waals surface area contributed by atoms with E-state index < -0.39 is 107 Å². The highest BCUT2D eigenvalue weighted by molar-refractivity contribution is 5.96. The first kappa shape index (κ1) is 49.1. The summed E-state index contributed by atoms with van der Waals surface area (Å²) in [5.74, 6) is -7.07. The van der Waals surface area contributed by atoms with Crippen LogP contribution in [0.15, 0.2) is 30.3 Å². The molecule has 6 amide bonds. The van der Waals surface area contributed by atoms with Crippen molar-refractivity contribution in [1.29, 1.82) is 0 Å². The van der Waals surface area contributed by atoms with E-state index in [1.165, 1.54) is 46.1 Å². The molecular formula is C41H57N7O13. The van der Waals surface area contributed by atoms with Crippen LogP contribution < -0.4 is 21.3 Å². The summed E-state index contributed by atoms with van der Waals surface area (Å²) in [5, 5.41) is 63.1. The number of hydrogen-bond donors (Lipinski definition) is 8. The van der Waals surface area contributed by atoms with Gasteiger partial charge in [0.25, 0.3) is 0 Å². The van der Waals surface area contributed by atoms with Crippen LogP contribution in [0.4, 0.5) is 5.69 Å². The van der Waals surface area contributed by atoms with Gasteiger partial charge in [0.1, 0.15) is 36.0 Å². The second-order valence-electron chi connectivity index (χ2n) is 15.6. The number of likely N-dealkylation sites (N-methyl/N-ethyl adjacent to an activating group) is 2. The highest BCUT2D eigenvalue weighted by atomic mass is 16.6. The maximum atomic E-state index is 13.9. The summed E-state index contributed by atoms with van der Waals surface area (Å²) in [4.78, 5) is 105. The van der Waals surface area contributed by atoms with E-state index in [1.54, 1.807) is 0 Å². The van der Waals surface area contributed by atoms with Crippen molar-refractivity contribution >= 4 is 47.1 Å². The number of hydrogen-bond acceptors (Lipinski definition) is 12. The van der Waals surface area contributed by atoms with Gasteiger partial charge in [0.2, 0.25) is 41.2 Å². The topological polar surface area (TPSA) is 298 Å². The van der Waals surface area contributed by atoms with Crippen molar-refractivity contribution in [3.8, 4) is 22.6 Å². The molecule has 0 fully saturated rings. The zero-order valence-electron chi connectivity index (χ0n) is 35.2. The molecule has 1 aliphatic rings. The molecule has 2 unspecified atom stereocenters. The largest absolute Gasteiger partial charge is 0.507 e. The number of carbonyl (C=O) groups excluding carboxylic acids is 6. The lowest BCUT2D eigenvalue weighted by atomic mass is 9.93. The van der Waals surface area contributed by atoms with Crippen molar-refractivity contribution in [3.05, 3.63) is 51.6 Å². The molecular weight excluding hydrogens is 798 g/mol. The Balaban J connectivity index is 1.80. The lowest BCUT2D eigenvalue weighted by Crippen LogP contribution is -2.55. The van der Waals surface area contributed by atoms with Gasteiger partial charge in [0.15, 0.2) is 0 Å². The fourth-order valence-electron chi connectivity index (χ4n) is 6.77. The second-order valence-corrected chi connectivity index (χ2v) is 15.6. The van der Waals surface area contributed by atoms with E-state index in [0.717, 1.165) is 54.0 Å². The summed E-state index contributed by atoms with van der Waals surface area (Å²) in [6, 6.07) is -1.53. The number of rotatable bonds is 18. The van der Waals surface area contributed by atoms with Crippen LogP contribution in [0.25, 0.3) is 11.1 Å². The van der Waals surface area contributed by atoms with Crippen LogP contribution in [-0.4, -0.2) is 128 Å². The molecule has 2 aromatic carbocycles. The molecule has 1 aliphatic heterocycles. The maximum Gasteiger partial charge on any atom is 0.326 e. The SMILES string of the molecule is CC(C)CCCCCCCC(=O)N(C)[C@H](CO)C(=O)N[C@H](C)C(=O)NCC(=O)N(C)C1C(=O)N[C@@H](C)C(=O)NC(C(=O)O)Cc2cc(c(O)c([N+](=O)[O-])c2)-c2cc1ccc2O. The van der Waals surface area contributed by atoms with Gasteiger partial charge < -0.3 is 51.5 Å². The van der Waals surface area contributed by atoms with Gasteiger partial charge in [-0.15, -0.1) is 0 Å². The summed E-state index contributed by atoms with van der Waals surface area (Å²) in [6.07, 6.45) is 5.46. The minimum Gasteiger partial charge on any atom is -0.507 e. The van der Waals surface area contributed by atoms with Gasteiger partial charge >= 0.3 is 11.7 Å². The predicted octanol–water partition coefficient (Wildman–Crippen LogP) is 1.63. The number of nitro groups is 1. The van der Waals surface area contributed by atoms with Crippen molar-refractivity contribution in [2.24, 2.45) is 5.92 Å². The Morgan fingerprint density at radius 2 is 1.56 bits per heavy atom. The molecule has 0 aliphatic carbocycles. The predicted molar refractivity (Wildman–Crippen MR) is 220 cm³/mol. The van der Waals surface area contributed by atoms with E-state index in [1.807, 2.05) is 0 Å². The number of aliphatic hydroxyl groups is 1. The minimum atomic E-state index is -1.65.